The van der Waals surface area contributed by atoms with Gasteiger partial charge in [-0.3, -0.25) is 14.6 Å². The molecule has 0 bridgehead atoms. The highest BCUT2D eigenvalue weighted by molar-refractivity contribution is 6.25. The van der Waals surface area contributed by atoms with Gasteiger partial charge in [-0.05, 0) is 38.1 Å². The molecule has 3 rings (SSSR count). The molecule has 5 nitrogen and oxygen atoms in total. The molecule has 0 aliphatic rings. The van der Waals surface area contributed by atoms with Gasteiger partial charge in [-0.25, -0.2) is 9.88 Å². The molecule has 0 atom stereocenters. The molecule has 0 N–H and O–H groups in total. The molecule has 2 amide bonds. The summed E-state index contributed by atoms with van der Waals surface area (Å²) in [7, 11) is 0. The quantitative estimate of drug-likeness (QED) is 0.688. The van der Waals surface area contributed by atoms with E-state index in [-0.39, 0.29) is 5.82 Å². The molecular weight excluding hydrogens is 314 g/mol. The van der Waals surface area contributed by atoms with Crippen molar-refractivity contribution in [3.63, 3.8) is 0 Å². The first-order chi connectivity index (χ1) is 12.1. The van der Waals surface area contributed by atoms with E-state index >= 15 is 0 Å². The Morgan fingerprint density at radius 2 is 1.28 bits per heavy atom. The maximum atomic E-state index is 13.0. The van der Waals surface area contributed by atoms with Crippen LogP contribution >= 0.6 is 0 Å². The van der Waals surface area contributed by atoms with Gasteiger partial charge in [-0.2, -0.15) is 0 Å². The third-order valence-corrected chi connectivity index (χ3v) is 3.70. The van der Waals surface area contributed by atoms with E-state index in [0.29, 0.717) is 16.8 Å². The van der Waals surface area contributed by atoms with E-state index in [1.54, 1.807) is 61.7 Å². The Morgan fingerprint density at radius 3 is 1.72 bits per heavy atom. The molecular formula is C20H17N3O2. The van der Waals surface area contributed by atoms with Crippen LogP contribution in [0.1, 0.15) is 32.1 Å². The summed E-state index contributed by atoms with van der Waals surface area (Å²) in [6, 6.07) is 17.3. The molecule has 0 saturated carbocycles. The predicted molar refractivity (Wildman–Crippen MR) is 95.5 cm³/mol. The van der Waals surface area contributed by atoms with Gasteiger partial charge >= 0.3 is 0 Å². The van der Waals surface area contributed by atoms with Crippen molar-refractivity contribution in [1.82, 2.24) is 9.97 Å². The van der Waals surface area contributed by atoms with Crippen LogP contribution in [0.5, 0.6) is 0 Å². The van der Waals surface area contributed by atoms with Crippen molar-refractivity contribution in [1.29, 1.82) is 0 Å². The number of imide groups is 1. The Morgan fingerprint density at radius 1 is 0.800 bits per heavy atom. The normalized spacial score (nSPS) is 10.3. The number of anilines is 1. The number of rotatable bonds is 3. The van der Waals surface area contributed by atoms with Crippen molar-refractivity contribution in [2.75, 3.05) is 4.90 Å². The average molecular weight is 331 g/mol. The lowest BCUT2D eigenvalue weighted by Crippen LogP contribution is -2.38. The van der Waals surface area contributed by atoms with Gasteiger partial charge in [0.2, 0.25) is 0 Å². The number of hydrogen-bond donors (Lipinski definition) is 0. The highest BCUT2D eigenvalue weighted by atomic mass is 16.2. The van der Waals surface area contributed by atoms with Gasteiger partial charge in [0.15, 0.2) is 5.82 Å². The van der Waals surface area contributed by atoms with Gasteiger partial charge in [0.25, 0.3) is 11.8 Å². The number of aromatic nitrogens is 2. The second kappa shape index (κ2) is 7.05. The van der Waals surface area contributed by atoms with Crippen LogP contribution < -0.4 is 4.90 Å². The largest absolute Gasteiger partial charge is 0.268 e. The van der Waals surface area contributed by atoms with Crippen LogP contribution in [0.25, 0.3) is 0 Å². The van der Waals surface area contributed by atoms with Gasteiger partial charge in [-0.15, -0.1) is 0 Å². The lowest BCUT2D eigenvalue weighted by molar-refractivity contribution is 0.0896. The molecule has 1 heterocycles. The zero-order valence-electron chi connectivity index (χ0n) is 14.0. The predicted octanol–water partition coefficient (Wildman–Crippen LogP) is 3.58. The summed E-state index contributed by atoms with van der Waals surface area (Å²) in [5.74, 6) is -0.625. The second-order valence-electron chi connectivity index (χ2n) is 5.60. The summed E-state index contributed by atoms with van der Waals surface area (Å²) >= 11 is 0. The van der Waals surface area contributed by atoms with Crippen molar-refractivity contribution in [2.24, 2.45) is 0 Å². The van der Waals surface area contributed by atoms with Gasteiger partial charge in [0, 0.05) is 11.1 Å². The summed E-state index contributed by atoms with van der Waals surface area (Å²) in [4.78, 5) is 35.8. The number of amides is 2. The van der Waals surface area contributed by atoms with Crippen molar-refractivity contribution < 1.29 is 9.59 Å². The van der Waals surface area contributed by atoms with E-state index in [9.17, 15) is 9.59 Å². The van der Waals surface area contributed by atoms with Crippen LogP contribution in [0.4, 0.5) is 5.82 Å². The topological polar surface area (TPSA) is 63.2 Å². The number of aryl methyl sites for hydroxylation is 2. The number of benzene rings is 2. The molecule has 124 valence electrons. The molecule has 0 unspecified atom stereocenters. The molecule has 1 aromatic heterocycles. The Hall–Kier alpha value is -3.34. The average Bonchev–Trinajstić information content (AvgIpc) is 2.65. The third-order valence-electron chi connectivity index (χ3n) is 3.70. The second-order valence-corrected chi connectivity index (χ2v) is 5.60. The van der Waals surface area contributed by atoms with Crippen molar-refractivity contribution in [3.05, 3.63) is 89.4 Å². The van der Waals surface area contributed by atoms with E-state index in [4.69, 9.17) is 0 Å². The first kappa shape index (κ1) is 16.5. The number of nitrogens with zero attached hydrogens (tertiary/aromatic N) is 3. The molecule has 0 fully saturated rings. The fraction of sp³-hybridized carbons (Fsp3) is 0.100. The summed E-state index contributed by atoms with van der Waals surface area (Å²) in [5.41, 5.74) is 2.07. The first-order valence-corrected chi connectivity index (χ1v) is 7.87. The maximum absolute atomic E-state index is 13.0. The molecule has 2 aromatic carbocycles. The Balaban J connectivity index is 2.11. The van der Waals surface area contributed by atoms with Gasteiger partial charge < -0.3 is 0 Å². The minimum Gasteiger partial charge on any atom is -0.268 e. The molecule has 0 spiro atoms. The molecule has 25 heavy (non-hydrogen) atoms. The van der Waals surface area contributed by atoms with Crippen LogP contribution in [0, 0.1) is 13.8 Å². The Kier molecular flexibility index (Phi) is 4.66. The molecule has 3 aromatic rings. The Labute approximate surface area is 146 Å². The summed E-state index contributed by atoms with van der Waals surface area (Å²) in [5, 5.41) is 0. The summed E-state index contributed by atoms with van der Waals surface area (Å²) in [6.45, 7) is 3.55. The number of carbonyl (C=O) groups is 2. The standard InChI is InChI=1S/C20H17N3O2/c1-14-13-21-18(15(2)22-14)23(19(24)16-9-5-3-6-10-16)20(25)17-11-7-4-8-12-17/h3-13H,1-2H3. The Bertz CT molecular complexity index is 857. The lowest BCUT2D eigenvalue weighted by atomic mass is 10.1. The highest BCUT2D eigenvalue weighted by Crippen LogP contribution is 2.21. The van der Waals surface area contributed by atoms with E-state index in [1.807, 2.05) is 19.1 Å². The van der Waals surface area contributed by atoms with Gasteiger partial charge in [-0.1, -0.05) is 36.4 Å². The summed E-state index contributed by atoms with van der Waals surface area (Å²) < 4.78 is 0. The lowest BCUT2D eigenvalue weighted by Gasteiger charge is -2.21. The van der Waals surface area contributed by atoms with Gasteiger partial charge in [0.05, 0.1) is 17.6 Å². The summed E-state index contributed by atoms with van der Waals surface area (Å²) in [6.07, 6.45) is 1.55. The fourth-order valence-electron chi connectivity index (χ4n) is 2.52. The van der Waals surface area contributed by atoms with Crippen LogP contribution in [0.3, 0.4) is 0 Å². The van der Waals surface area contributed by atoms with Crippen LogP contribution in [0.2, 0.25) is 0 Å². The molecule has 5 heteroatoms. The van der Waals surface area contributed by atoms with Crippen LogP contribution in [-0.4, -0.2) is 21.8 Å². The number of hydrogen-bond acceptors (Lipinski definition) is 4. The number of carbonyl (C=O) groups excluding carboxylic acids is 2. The maximum Gasteiger partial charge on any atom is 0.266 e. The van der Waals surface area contributed by atoms with Crippen molar-refractivity contribution in [2.45, 2.75) is 13.8 Å². The minimum absolute atomic E-state index is 0.244. The molecule has 0 radical (unpaired) electrons. The smallest absolute Gasteiger partial charge is 0.266 e. The zero-order chi connectivity index (χ0) is 17.8. The van der Waals surface area contributed by atoms with Crippen molar-refractivity contribution in [3.8, 4) is 0 Å². The van der Waals surface area contributed by atoms with Crippen molar-refractivity contribution >= 4 is 17.6 Å². The van der Waals surface area contributed by atoms with Crippen LogP contribution in [0.15, 0.2) is 66.9 Å². The van der Waals surface area contributed by atoms with E-state index in [2.05, 4.69) is 9.97 Å². The fourth-order valence-corrected chi connectivity index (χ4v) is 2.52. The third kappa shape index (κ3) is 3.45. The van der Waals surface area contributed by atoms with Gasteiger partial charge in [0.1, 0.15) is 0 Å². The molecule has 0 aliphatic carbocycles. The molecule has 0 saturated heterocycles. The SMILES string of the molecule is Cc1cnc(N(C(=O)c2ccccc2)C(=O)c2ccccc2)c(C)n1. The zero-order valence-corrected chi connectivity index (χ0v) is 14.0. The van der Waals surface area contributed by atoms with Crippen LogP contribution in [-0.2, 0) is 0 Å². The van der Waals surface area contributed by atoms with E-state index in [0.717, 1.165) is 10.6 Å². The van der Waals surface area contributed by atoms with E-state index < -0.39 is 11.8 Å². The first-order valence-electron chi connectivity index (χ1n) is 7.87. The van der Waals surface area contributed by atoms with E-state index in [1.165, 1.54) is 0 Å². The minimum atomic E-state index is -0.435. The highest BCUT2D eigenvalue weighted by Gasteiger charge is 2.28. The molecule has 0 aliphatic heterocycles. The monoisotopic (exact) mass is 331 g/mol.